The fraction of sp³-hybridized carbons (Fsp3) is 0.571. The number of hydrogen-bond donors (Lipinski definition) is 1. The number of aromatic nitrogens is 3. The topological polar surface area (TPSA) is 55.9 Å². The van der Waals surface area contributed by atoms with E-state index in [-0.39, 0.29) is 0 Å². The summed E-state index contributed by atoms with van der Waals surface area (Å²) in [5.74, 6) is 1.47. The first-order chi connectivity index (χ1) is 9.17. The fourth-order valence-electron chi connectivity index (χ4n) is 1.85. The van der Waals surface area contributed by atoms with Crippen molar-refractivity contribution in [3.8, 4) is 0 Å². The molecular formula is C14H22N4O. The molecule has 0 aromatic carbocycles. The lowest BCUT2D eigenvalue weighted by Gasteiger charge is -2.05. The predicted molar refractivity (Wildman–Crippen MR) is 73.8 cm³/mol. The molecule has 0 aliphatic heterocycles. The molecule has 0 aliphatic rings. The fourth-order valence-corrected chi connectivity index (χ4v) is 1.85. The summed E-state index contributed by atoms with van der Waals surface area (Å²) in [6.45, 7) is 7.94. The zero-order chi connectivity index (χ0) is 13.7. The van der Waals surface area contributed by atoms with Gasteiger partial charge in [0.05, 0.1) is 6.54 Å². The van der Waals surface area contributed by atoms with Gasteiger partial charge in [-0.3, -0.25) is 0 Å². The Morgan fingerprint density at radius 1 is 1.42 bits per heavy atom. The van der Waals surface area contributed by atoms with Gasteiger partial charge in [0.2, 0.25) is 5.89 Å². The minimum atomic E-state index is 0.497. The van der Waals surface area contributed by atoms with Crippen LogP contribution in [0.1, 0.15) is 44.5 Å². The lowest BCUT2D eigenvalue weighted by atomic mass is 10.3. The summed E-state index contributed by atoms with van der Waals surface area (Å²) < 4.78 is 7.26. The van der Waals surface area contributed by atoms with Crippen molar-refractivity contribution in [2.75, 3.05) is 0 Å². The molecule has 104 valence electrons. The Kier molecular flexibility index (Phi) is 4.74. The lowest BCUT2D eigenvalue weighted by molar-refractivity contribution is 0.371. The summed E-state index contributed by atoms with van der Waals surface area (Å²) in [6.07, 6.45) is 6.04. The van der Waals surface area contributed by atoms with E-state index in [0.29, 0.717) is 12.6 Å². The summed E-state index contributed by atoms with van der Waals surface area (Å²) in [4.78, 5) is 4.36. The zero-order valence-corrected chi connectivity index (χ0v) is 11.9. The predicted octanol–water partition coefficient (Wildman–Crippen LogP) is 2.37. The average Bonchev–Trinajstić information content (AvgIpc) is 2.98. The van der Waals surface area contributed by atoms with Crippen LogP contribution in [0.3, 0.4) is 0 Å². The second-order valence-electron chi connectivity index (χ2n) is 5.08. The van der Waals surface area contributed by atoms with E-state index >= 15 is 0 Å². The molecule has 0 spiro atoms. The molecule has 2 aromatic heterocycles. The van der Waals surface area contributed by atoms with Crippen molar-refractivity contribution in [3.05, 3.63) is 35.7 Å². The Hall–Kier alpha value is -1.62. The van der Waals surface area contributed by atoms with E-state index in [0.717, 1.165) is 31.1 Å². The third-order valence-corrected chi connectivity index (χ3v) is 2.82. The highest BCUT2D eigenvalue weighted by Crippen LogP contribution is 2.06. The standard InChI is InChI=1S/C14H22N4O/c1-4-5-14-16-13(17-19-14)10-18-7-6-12(9-18)8-15-11(2)3/h6-7,9,11,15H,4-5,8,10H2,1-3H3. The largest absolute Gasteiger partial charge is 0.346 e. The van der Waals surface area contributed by atoms with Crippen molar-refractivity contribution in [2.24, 2.45) is 0 Å². The van der Waals surface area contributed by atoms with Gasteiger partial charge >= 0.3 is 0 Å². The molecule has 0 fully saturated rings. The number of nitrogens with zero attached hydrogens (tertiary/aromatic N) is 3. The second-order valence-corrected chi connectivity index (χ2v) is 5.08. The molecule has 0 aliphatic carbocycles. The van der Waals surface area contributed by atoms with Crippen LogP contribution in [0.5, 0.6) is 0 Å². The average molecular weight is 262 g/mol. The minimum Gasteiger partial charge on any atom is -0.346 e. The SMILES string of the molecule is CCCc1nc(Cn2ccc(CNC(C)C)c2)no1. The van der Waals surface area contributed by atoms with E-state index in [1.54, 1.807) is 0 Å². The van der Waals surface area contributed by atoms with Crippen LogP contribution < -0.4 is 5.32 Å². The van der Waals surface area contributed by atoms with Gasteiger partial charge in [-0.25, -0.2) is 0 Å². The molecule has 2 heterocycles. The van der Waals surface area contributed by atoms with Gasteiger partial charge in [0, 0.05) is 31.4 Å². The van der Waals surface area contributed by atoms with Crippen LogP contribution in [0.4, 0.5) is 0 Å². The van der Waals surface area contributed by atoms with Gasteiger partial charge in [-0.1, -0.05) is 25.9 Å². The Morgan fingerprint density at radius 2 is 2.26 bits per heavy atom. The monoisotopic (exact) mass is 262 g/mol. The Labute approximate surface area is 114 Å². The highest BCUT2D eigenvalue weighted by Gasteiger charge is 2.06. The zero-order valence-electron chi connectivity index (χ0n) is 11.9. The van der Waals surface area contributed by atoms with Gasteiger partial charge in [-0.2, -0.15) is 4.98 Å². The van der Waals surface area contributed by atoms with Crippen molar-refractivity contribution >= 4 is 0 Å². The smallest absolute Gasteiger partial charge is 0.226 e. The molecule has 0 radical (unpaired) electrons. The molecule has 0 unspecified atom stereocenters. The van der Waals surface area contributed by atoms with E-state index < -0.39 is 0 Å². The first kappa shape index (κ1) is 13.8. The summed E-state index contributed by atoms with van der Waals surface area (Å²) in [7, 11) is 0. The van der Waals surface area contributed by atoms with Crippen molar-refractivity contribution in [1.82, 2.24) is 20.0 Å². The maximum Gasteiger partial charge on any atom is 0.226 e. The molecule has 0 bridgehead atoms. The molecule has 1 N–H and O–H groups in total. The quantitative estimate of drug-likeness (QED) is 0.832. The van der Waals surface area contributed by atoms with Gasteiger partial charge in [0.15, 0.2) is 5.82 Å². The van der Waals surface area contributed by atoms with Crippen LogP contribution >= 0.6 is 0 Å². The van der Waals surface area contributed by atoms with Crippen molar-refractivity contribution in [3.63, 3.8) is 0 Å². The van der Waals surface area contributed by atoms with Crippen LogP contribution in [-0.4, -0.2) is 20.7 Å². The third kappa shape index (κ3) is 4.21. The molecule has 2 rings (SSSR count). The van der Waals surface area contributed by atoms with Crippen molar-refractivity contribution < 1.29 is 4.52 Å². The van der Waals surface area contributed by atoms with Gasteiger partial charge in [-0.15, -0.1) is 0 Å². The van der Waals surface area contributed by atoms with Crippen LogP contribution in [0.15, 0.2) is 23.0 Å². The van der Waals surface area contributed by atoms with Crippen LogP contribution in [-0.2, 0) is 19.5 Å². The molecule has 5 nitrogen and oxygen atoms in total. The Morgan fingerprint density at radius 3 is 3.00 bits per heavy atom. The Balaban J connectivity index is 1.91. The molecule has 5 heteroatoms. The normalized spacial score (nSPS) is 11.4. The second kappa shape index (κ2) is 6.52. The van der Waals surface area contributed by atoms with Gasteiger partial charge in [0.25, 0.3) is 0 Å². The van der Waals surface area contributed by atoms with E-state index in [2.05, 4.69) is 53.1 Å². The highest BCUT2D eigenvalue weighted by molar-refractivity contribution is 5.11. The molecule has 2 aromatic rings. The Bertz CT molecular complexity index is 501. The molecule has 0 saturated heterocycles. The summed E-state index contributed by atoms with van der Waals surface area (Å²) in [5, 5.41) is 7.39. The molecule has 0 atom stereocenters. The maximum absolute atomic E-state index is 5.18. The number of rotatable bonds is 7. The minimum absolute atomic E-state index is 0.497. The number of hydrogen-bond acceptors (Lipinski definition) is 4. The van der Waals surface area contributed by atoms with Crippen molar-refractivity contribution in [1.29, 1.82) is 0 Å². The molecular weight excluding hydrogens is 240 g/mol. The highest BCUT2D eigenvalue weighted by atomic mass is 16.5. The van der Waals surface area contributed by atoms with Gasteiger partial charge in [-0.05, 0) is 18.1 Å². The summed E-state index contributed by atoms with van der Waals surface area (Å²) in [6, 6.07) is 2.61. The lowest BCUT2D eigenvalue weighted by Crippen LogP contribution is -2.21. The van der Waals surface area contributed by atoms with E-state index in [4.69, 9.17) is 4.52 Å². The molecule has 0 saturated carbocycles. The van der Waals surface area contributed by atoms with Crippen LogP contribution in [0.2, 0.25) is 0 Å². The van der Waals surface area contributed by atoms with E-state index in [1.807, 2.05) is 6.20 Å². The van der Waals surface area contributed by atoms with Crippen LogP contribution in [0.25, 0.3) is 0 Å². The first-order valence-corrected chi connectivity index (χ1v) is 6.87. The maximum atomic E-state index is 5.18. The molecule has 19 heavy (non-hydrogen) atoms. The van der Waals surface area contributed by atoms with Gasteiger partial charge < -0.3 is 14.4 Å². The first-order valence-electron chi connectivity index (χ1n) is 6.87. The summed E-state index contributed by atoms with van der Waals surface area (Å²) >= 11 is 0. The van der Waals surface area contributed by atoms with Crippen LogP contribution in [0, 0.1) is 0 Å². The van der Waals surface area contributed by atoms with E-state index in [1.165, 1.54) is 5.56 Å². The van der Waals surface area contributed by atoms with Gasteiger partial charge in [0.1, 0.15) is 0 Å². The number of aryl methyl sites for hydroxylation is 1. The third-order valence-electron chi connectivity index (χ3n) is 2.82. The van der Waals surface area contributed by atoms with E-state index in [9.17, 15) is 0 Å². The van der Waals surface area contributed by atoms with Crippen molar-refractivity contribution in [2.45, 2.75) is 52.7 Å². The summed E-state index contributed by atoms with van der Waals surface area (Å²) in [5.41, 5.74) is 1.27. The number of nitrogens with one attached hydrogen (secondary N) is 1. The molecule has 0 amide bonds.